The van der Waals surface area contributed by atoms with Gasteiger partial charge in [-0.15, -0.1) is 0 Å². The molecule has 0 aliphatic carbocycles. The number of aliphatic imine (C=N–C) groups is 2. The molecule has 0 bridgehead atoms. The number of ether oxygens (including phenoxy) is 2. The van der Waals surface area contributed by atoms with Crippen LogP contribution in [0.3, 0.4) is 0 Å². The summed E-state index contributed by atoms with van der Waals surface area (Å²) in [5.74, 6) is 1.88. The van der Waals surface area contributed by atoms with Crippen LogP contribution in [0.15, 0.2) is 28.2 Å². The van der Waals surface area contributed by atoms with Crippen molar-refractivity contribution in [2.45, 2.75) is 53.1 Å². The highest BCUT2D eigenvalue weighted by Crippen LogP contribution is 2.32. The quantitative estimate of drug-likeness (QED) is 0.572. The molecular formula is C18H29N5O2. The molecule has 0 aromatic heterocycles. The van der Waals surface area contributed by atoms with E-state index in [0.717, 1.165) is 23.5 Å². The average molecular weight is 347 g/mol. The van der Waals surface area contributed by atoms with Gasteiger partial charge in [-0.25, -0.2) is 4.99 Å². The van der Waals surface area contributed by atoms with Crippen molar-refractivity contribution < 1.29 is 9.47 Å². The van der Waals surface area contributed by atoms with Crippen molar-refractivity contribution in [3.8, 4) is 11.5 Å². The van der Waals surface area contributed by atoms with E-state index < -0.39 is 0 Å². The molecule has 7 nitrogen and oxygen atoms in total. The lowest BCUT2D eigenvalue weighted by atomic mass is 9.82. The van der Waals surface area contributed by atoms with Crippen LogP contribution >= 0.6 is 0 Å². The summed E-state index contributed by atoms with van der Waals surface area (Å²) in [6.07, 6.45) is 0.934. The first kappa shape index (κ1) is 18.9. The summed E-state index contributed by atoms with van der Waals surface area (Å²) in [7, 11) is 0. The van der Waals surface area contributed by atoms with Gasteiger partial charge in [0.2, 0.25) is 12.8 Å². The minimum absolute atomic E-state index is 0.0245. The van der Waals surface area contributed by atoms with Crippen LogP contribution in [0.1, 0.15) is 46.6 Å². The number of hydrogen-bond donors (Lipinski definition) is 3. The Balaban J connectivity index is 2.14. The number of hydrogen-bond acceptors (Lipinski definition) is 3. The molecule has 1 aliphatic heterocycles. The number of fused-ring (bicyclic) bond motifs is 1. The monoisotopic (exact) mass is 347 g/mol. The Morgan fingerprint density at radius 2 is 1.80 bits per heavy atom. The fourth-order valence-corrected chi connectivity index (χ4v) is 3.10. The lowest BCUT2D eigenvalue weighted by Gasteiger charge is -2.33. The molecule has 7 heteroatoms. The maximum atomic E-state index is 5.55. The molecule has 0 fully saturated rings. The van der Waals surface area contributed by atoms with E-state index in [1.165, 1.54) is 0 Å². The van der Waals surface area contributed by atoms with Crippen molar-refractivity contribution >= 4 is 11.9 Å². The standard InChI is InChI=1S/C18H29N5O2/c1-17(2,3)10-18(4,5)23-16(22-15(19)20)21-9-12-6-7-13-14(8-12)25-11-24-13/h6-8H,9-11H2,1-5H3,(H5,19,20,21,22,23). The van der Waals surface area contributed by atoms with E-state index in [2.05, 4.69) is 49.9 Å². The third-order valence-corrected chi connectivity index (χ3v) is 3.51. The van der Waals surface area contributed by atoms with Gasteiger partial charge in [0.05, 0.1) is 6.54 Å². The topological polar surface area (TPSA) is 107 Å². The average Bonchev–Trinajstić information content (AvgIpc) is 2.88. The van der Waals surface area contributed by atoms with Crippen LogP contribution in [0.5, 0.6) is 11.5 Å². The van der Waals surface area contributed by atoms with Crippen molar-refractivity contribution in [1.82, 2.24) is 5.32 Å². The van der Waals surface area contributed by atoms with Crippen LogP contribution in [0.4, 0.5) is 0 Å². The Labute approximate surface area is 149 Å². The minimum Gasteiger partial charge on any atom is -0.454 e. The van der Waals surface area contributed by atoms with E-state index in [1.54, 1.807) is 0 Å². The first-order chi connectivity index (χ1) is 11.5. The van der Waals surface area contributed by atoms with Gasteiger partial charge in [-0.05, 0) is 43.4 Å². The molecule has 1 aromatic carbocycles. The lowest BCUT2D eigenvalue weighted by Crippen LogP contribution is -2.46. The van der Waals surface area contributed by atoms with Gasteiger partial charge >= 0.3 is 0 Å². The zero-order chi connectivity index (χ0) is 18.7. The van der Waals surface area contributed by atoms with Crippen molar-refractivity contribution in [3.63, 3.8) is 0 Å². The second kappa shape index (κ2) is 7.21. The molecule has 0 atom stereocenters. The number of nitrogens with one attached hydrogen (secondary N) is 1. The fraction of sp³-hybridized carbons (Fsp3) is 0.556. The molecule has 0 spiro atoms. The Hall–Kier alpha value is -2.44. The van der Waals surface area contributed by atoms with E-state index in [9.17, 15) is 0 Å². The van der Waals surface area contributed by atoms with Crippen LogP contribution in [0.2, 0.25) is 0 Å². The summed E-state index contributed by atoms with van der Waals surface area (Å²) in [5, 5.41) is 3.35. The van der Waals surface area contributed by atoms with Crippen LogP contribution in [-0.4, -0.2) is 24.3 Å². The summed E-state index contributed by atoms with van der Waals surface area (Å²) >= 11 is 0. The van der Waals surface area contributed by atoms with Crippen LogP contribution < -0.4 is 26.3 Å². The SMILES string of the molecule is CC(C)(C)CC(C)(C)NC(N=C(N)N)=NCc1ccc2c(c1)OCO2. The molecule has 0 unspecified atom stereocenters. The third kappa shape index (κ3) is 6.17. The number of nitrogens with two attached hydrogens (primary N) is 2. The van der Waals surface area contributed by atoms with Gasteiger partial charge in [0, 0.05) is 5.54 Å². The van der Waals surface area contributed by atoms with Gasteiger partial charge in [-0.1, -0.05) is 26.8 Å². The largest absolute Gasteiger partial charge is 0.454 e. The van der Waals surface area contributed by atoms with Crippen molar-refractivity contribution in [1.29, 1.82) is 0 Å². The normalized spacial score (nSPS) is 14.4. The fourth-order valence-electron chi connectivity index (χ4n) is 3.10. The van der Waals surface area contributed by atoms with Crippen LogP contribution in [0, 0.1) is 5.41 Å². The second-order valence-electron chi connectivity index (χ2n) is 8.11. The Bertz CT molecular complexity index is 671. The van der Waals surface area contributed by atoms with Crippen LogP contribution in [0.25, 0.3) is 0 Å². The van der Waals surface area contributed by atoms with E-state index in [1.807, 2.05) is 18.2 Å². The highest BCUT2D eigenvalue weighted by atomic mass is 16.7. The second-order valence-corrected chi connectivity index (χ2v) is 8.11. The van der Waals surface area contributed by atoms with Gasteiger partial charge in [-0.3, -0.25) is 0 Å². The number of rotatable bonds is 4. The smallest absolute Gasteiger partial charge is 0.231 e. The molecule has 0 radical (unpaired) electrons. The predicted octanol–water partition coefficient (Wildman–Crippen LogP) is 2.35. The summed E-state index contributed by atoms with van der Waals surface area (Å²) < 4.78 is 10.7. The predicted molar refractivity (Wildman–Crippen MR) is 101 cm³/mol. The molecule has 0 saturated carbocycles. The summed E-state index contributed by atoms with van der Waals surface area (Å²) in [5.41, 5.74) is 12.1. The molecule has 138 valence electrons. The van der Waals surface area contributed by atoms with E-state index in [4.69, 9.17) is 20.9 Å². The maximum absolute atomic E-state index is 5.55. The van der Waals surface area contributed by atoms with Gasteiger partial charge in [0.15, 0.2) is 17.5 Å². The lowest BCUT2D eigenvalue weighted by molar-refractivity contribution is 0.174. The molecule has 0 saturated heterocycles. The molecule has 0 amide bonds. The minimum atomic E-state index is -0.203. The van der Waals surface area contributed by atoms with Crippen molar-refractivity contribution in [2.24, 2.45) is 26.9 Å². The number of benzene rings is 1. The van der Waals surface area contributed by atoms with Gasteiger partial charge in [0.25, 0.3) is 0 Å². The summed E-state index contributed by atoms with van der Waals surface area (Å²) in [4.78, 5) is 8.67. The first-order valence-corrected chi connectivity index (χ1v) is 8.35. The Morgan fingerprint density at radius 3 is 2.44 bits per heavy atom. The maximum Gasteiger partial charge on any atom is 0.231 e. The number of nitrogens with zero attached hydrogens (tertiary/aromatic N) is 2. The highest BCUT2D eigenvalue weighted by Gasteiger charge is 2.26. The van der Waals surface area contributed by atoms with Crippen molar-refractivity contribution in [2.75, 3.05) is 6.79 Å². The molecule has 1 aromatic rings. The van der Waals surface area contributed by atoms with Crippen LogP contribution in [-0.2, 0) is 6.54 Å². The Morgan fingerprint density at radius 1 is 1.12 bits per heavy atom. The highest BCUT2D eigenvalue weighted by molar-refractivity contribution is 5.93. The van der Waals surface area contributed by atoms with E-state index in [0.29, 0.717) is 12.5 Å². The molecule has 1 heterocycles. The molecule has 25 heavy (non-hydrogen) atoms. The van der Waals surface area contributed by atoms with E-state index in [-0.39, 0.29) is 23.7 Å². The summed E-state index contributed by atoms with van der Waals surface area (Å²) in [6, 6.07) is 5.74. The van der Waals surface area contributed by atoms with E-state index >= 15 is 0 Å². The molecular weight excluding hydrogens is 318 g/mol. The van der Waals surface area contributed by atoms with Gasteiger partial charge in [-0.2, -0.15) is 4.99 Å². The first-order valence-electron chi connectivity index (χ1n) is 8.35. The Kier molecular flexibility index (Phi) is 5.45. The molecule has 1 aliphatic rings. The number of guanidine groups is 2. The van der Waals surface area contributed by atoms with Gasteiger partial charge in [0.1, 0.15) is 0 Å². The van der Waals surface area contributed by atoms with Gasteiger partial charge < -0.3 is 26.3 Å². The van der Waals surface area contributed by atoms with Crippen molar-refractivity contribution in [3.05, 3.63) is 23.8 Å². The third-order valence-electron chi connectivity index (χ3n) is 3.51. The molecule has 5 N–H and O–H groups in total. The summed E-state index contributed by atoms with van der Waals surface area (Å²) in [6.45, 7) is 11.5. The molecule has 2 rings (SSSR count). The zero-order valence-corrected chi connectivity index (χ0v) is 15.7. The zero-order valence-electron chi connectivity index (χ0n) is 15.7.